The Balaban J connectivity index is 1.52. The van der Waals surface area contributed by atoms with E-state index in [0.717, 1.165) is 17.7 Å². The molecule has 0 bridgehead atoms. The molecule has 0 radical (unpaired) electrons. The van der Waals surface area contributed by atoms with Gasteiger partial charge >= 0.3 is 0 Å². The van der Waals surface area contributed by atoms with Gasteiger partial charge in [-0.15, -0.1) is 0 Å². The molecule has 1 aromatic heterocycles. The highest BCUT2D eigenvalue weighted by molar-refractivity contribution is 6.04. The topological polar surface area (TPSA) is 107 Å². The second kappa shape index (κ2) is 7.84. The summed E-state index contributed by atoms with van der Waals surface area (Å²) in [6.07, 6.45) is 0.551. The molecule has 33 heavy (non-hydrogen) atoms. The Morgan fingerprint density at radius 2 is 1.97 bits per heavy atom. The summed E-state index contributed by atoms with van der Waals surface area (Å²) < 4.78 is 14.2. The van der Waals surface area contributed by atoms with E-state index in [9.17, 15) is 18.8 Å². The molecule has 8 nitrogen and oxygen atoms in total. The molecule has 0 aliphatic carbocycles. The van der Waals surface area contributed by atoms with Crippen molar-refractivity contribution < 1.29 is 14.0 Å². The van der Waals surface area contributed by atoms with Gasteiger partial charge in [0.1, 0.15) is 11.6 Å². The molecule has 0 saturated heterocycles. The molecular weight excluding hydrogens is 425 g/mol. The molecule has 0 unspecified atom stereocenters. The van der Waals surface area contributed by atoms with Crippen molar-refractivity contribution in [2.24, 2.45) is 0 Å². The fourth-order valence-electron chi connectivity index (χ4n) is 4.53. The Bertz CT molecular complexity index is 1350. The predicted octanol–water partition coefficient (Wildman–Crippen LogP) is 3.36. The number of aryl methyl sites for hydroxylation is 1. The number of hydrogen-bond acceptors (Lipinski definition) is 5. The van der Waals surface area contributed by atoms with E-state index in [-0.39, 0.29) is 29.5 Å². The third kappa shape index (κ3) is 3.65. The number of rotatable bonds is 3. The van der Waals surface area contributed by atoms with Crippen LogP contribution < -0.4 is 21.1 Å². The third-order valence-electron chi connectivity index (χ3n) is 6.07. The van der Waals surface area contributed by atoms with Gasteiger partial charge in [0.15, 0.2) is 0 Å². The maximum atomic E-state index is 14.2. The summed E-state index contributed by atoms with van der Waals surface area (Å²) in [5, 5.41) is 5.12. The average molecular weight is 447 g/mol. The minimum atomic E-state index is -1.09. The minimum absolute atomic E-state index is 0.0124. The van der Waals surface area contributed by atoms with Crippen LogP contribution in [0.5, 0.6) is 0 Å². The van der Waals surface area contributed by atoms with Crippen LogP contribution in [0.2, 0.25) is 0 Å². The van der Waals surface area contributed by atoms with Crippen LogP contribution >= 0.6 is 0 Å². The third-order valence-corrected chi connectivity index (χ3v) is 6.07. The van der Waals surface area contributed by atoms with Crippen molar-refractivity contribution in [3.63, 3.8) is 0 Å². The van der Waals surface area contributed by atoms with Crippen LogP contribution in [0.4, 0.5) is 27.5 Å². The number of carbonyl (C=O) groups is 2. The average Bonchev–Trinajstić information content (AvgIpc) is 3.10. The first-order valence-corrected chi connectivity index (χ1v) is 10.7. The molecule has 2 aliphatic heterocycles. The second-order valence-corrected chi connectivity index (χ2v) is 8.48. The van der Waals surface area contributed by atoms with E-state index in [0.29, 0.717) is 11.5 Å². The Hall–Kier alpha value is -4.01. The molecule has 2 aromatic carbocycles. The standard InChI is InChI=1S/C24H22FN5O3/c1-12-7-8-17(16(25)9-12)26-22(32)15-11-19(31)27-21-20(15)23(33)29-24(28-21)30-13(2)10-14-5-3-4-6-18(14)30/h3-9,13,15H,10-11H2,1-2H3,(H,26,32)(H2,27,28,29,31,33)/t13-,15+/m1/s1. The minimum Gasteiger partial charge on any atom is -0.323 e. The highest BCUT2D eigenvalue weighted by atomic mass is 19.1. The molecule has 0 spiro atoms. The number of nitrogens with zero attached hydrogens (tertiary/aromatic N) is 2. The molecule has 3 heterocycles. The summed E-state index contributed by atoms with van der Waals surface area (Å²) in [5.74, 6) is -2.43. The van der Waals surface area contributed by atoms with Crippen molar-refractivity contribution in [2.75, 3.05) is 15.5 Å². The van der Waals surface area contributed by atoms with Gasteiger partial charge in [-0.05, 0) is 49.6 Å². The number of hydrogen-bond donors (Lipinski definition) is 3. The number of H-pyrrole nitrogens is 1. The Kier molecular flexibility index (Phi) is 4.96. The van der Waals surface area contributed by atoms with Crippen LogP contribution in [0.3, 0.4) is 0 Å². The molecule has 2 atom stereocenters. The largest absolute Gasteiger partial charge is 0.323 e. The maximum absolute atomic E-state index is 14.2. The number of aromatic nitrogens is 2. The molecular formula is C24H22FN5O3. The number of aromatic amines is 1. The SMILES string of the molecule is Cc1ccc(NC(=O)[C@H]2CC(=O)Nc3nc(N4c5ccccc5C[C@H]4C)[nH]c(=O)c32)c(F)c1. The van der Waals surface area contributed by atoms with Crippen LogP contribution in [0, 0.1) is 12.7 Å². The van der Waals surface area contributed by atoms with Crippen molar-refractivity contribution in [3.8, 4) is 0 Å². The van der Waals surface area contributed by atoms with Crippen molar-refractivity contribution >= 4 is 35.0 Å². The van der Waals surface area contributed by atoms with Crippen LogP contribution in [0.1, 0.15) is 36.0 Å². The molecule has 0 saturated carbocycles. The van der Waals surface area contributed by atoms with Crippen LogP contribution in [0.15, 0.2) is 47.3 Å². The first-order chi connectivity index (χ1) is 15.8. The predicted molar refractivity (Wildman–Crippen MR) is 122 cm³/mol. The van der Waals surface area contributed by atoms with E-state index >= 15 is 0 Å². The monoisotopic (exact) mass is 447 g/mol. The molecule has 2 amide bonds. The van der Waals surface area contributed by atoms with E-state index in [2.05, 4.69) is 20.6 Å². The zero-order chi connectivity index (χ0) is 23.3. The number of anilines is 4. The van der Waals surface area contributed by atoms with Crippen molar-refractivity contribution in [2.45, 2.75) is 38.6 Å². The highest BCUT2D eigenvalue weighted by Crippen LogP contribution is 2.38. The van der Waals surface area contributed by atoms with Crippen LogP contribution in [-0.2, 0) is 16.0 Å². The van der Waals surface area contributed by atoms with E-state index in [4.69, 9.17) is 0 Å². The zero-order valence-corrected chi connectivity index (χ0v) is 18.1. The Labute approximate surface area is 188 Å². The fraction of sp³-hybridized carbons (Fsp3) is 0.250. The smallest absolute Gasteiger partial charge is 0.258 e. The molecule has 3 N–H and O–H groups in total. The molecule has 2 aliphatic rings. The second-order valence-electron chi connectivity index (χ2n) is 8.48. The van der Waals surface area contributed by atoms with Gasteiger partial charge in [0, 0.05) is 18.2 Å². The lowest BCUT2D eigenvalue weighted by Gasteiger charge is -2.27. The van der Waals surface area contributed by atoms with Crippen molar-refractivity contribution in [1.29, 1.82) is 0 Å². The summed E-state index contributed by atoms with van der Waals surface area (Å²) in [6, 6.07) is 12.3. The number of para-hydroxylation sites is 1. The first kappa shape index (κ1) is 20.9. The number of nitrogens with one attached hydrogen (secondary N) is 3. The molecule has 9 heteroatoms. The lowest BCUT2D eigenvalue weighted by Crippen LogP contribution is -2.38. The summed E-state index contributed by atoms with van der Waals surface area (Å²) in [4.78, 5) is 47.7. The van der Waals surface area contributed by atoms with Gasteiger partial charge in [-0.1, -0.05) is 24.3 Å². The van der Waals surface area contributed by atoms with Gasteiger partial charge in [0.25, 0.3) is 5.56 Å². The Morgan fingerprint density at radius 3 is 2.76 bits per heavy atom. The lowest BCUT2D eigenvalue weighted by atomic mass is 9.92. The van der Waals surface area contributed by atoms with Gasteiger partial charge in [-0.3, -0.25) is 19.4 Å². The Morgan fingerprint density at radius 1 is 1.18 bits per heavy atom. The zero-order valence-electron chi connectivity index (χ0n) is 18.1. The lowest BCUT2D eigenvalue weighted by molar-refractivity contribution is -0.123. The van der Waals surface area contributed by atoms with Crippen LogP contribution in [0.25, 0.3) is 0 Å². The quantitative estimate of drug-likeness (QED) is 0.571. The van der Waals surface area contributed by atoms with Gasteiger partial charge in [0.05, 0.1) is 17.2 Å². The van der Waals surface area contributed by atoms with E-state index in [1.807, 2.05) is 36.1 Å². The number of halogens is 1. The van der Waals surface area contributed by atoms with Gasteiger partial charge < -0.3 is 15.5 Å². The van der Waals surface area contributed by atoms with E-state index in [1.165, 1.54) is 12.1 Å². The molecule has 5 rings (SSSR count). The maximum Gasteiger partial charge on any atom is 0.258 e. The molecule has 0 fully saturated rings. The summed E-state index contributed by atoms with van der Waals surface area (Å²) >= 11 is 0. The normalized spacial score (nSPS) is 19.0. The summed E-state index contributed by atoms with van der Waals surface area (Å²) in [5.41, 5.74) is 2.30. The van der Waals surface area contributed by atoms with Crippen LogP contribution in [-0.4, -0.2) is 27.8 Å². The highest BCUT2D eigenvalue weighted by Gasteiger charge is 2.36. The number of carbonyl (C=O) groups excluding carboxylic acids is 2. The fourth-order valence-corrected chi connectivity index (χ4v) is 4.53. The van der Waals surface area contributed by atoms with E-state index in [1.54, 1.807) is 13.0 Å². The molecule has 168 valence electrons. The van der Waals surface area contributed by atoms with Gasteiger partial charge in [-0.25, -0.2) is 4.39 Å². The number of benzene rings is 2. The molecule has 3 aromatic rings. The summed E-state index contributed by atoms with van der Waals surface area (Å²) in [6.45, 7) is 3.75. The van der Waals surface area contributed by atoms with E-state index < -0.39 is 29.1 Å². The summed E-state index contributed by atoms with van der Waals surface area (Å²) in [7, 11) is 0. The van der Waals surface area contributed by atoms with Crippen molar-refractivity contribution in [1.82, 2.24) is 9.97 Å². The van der Waals surface area contributed by atoms with Crippen molar-refractivity contribution in [3.05, 3.63) is 75.3 Å². The van der Waals surface area contributed by atoms with Gasteiger partial charge in [-0.2, -0.15) is 4.98 Å². The van der Waals surface area contributed by atoms with Gasteiger partial charge in [0.2, 0.25) is 17.8 Å². The number of fused-ring (bicyclic) bond motifs is 2. The number of amides is 2. The first-order valence-electron chi connectivity index (χ1n) is 10.7.